The predicted octanol–water partition coefficient (Wildman–Crippen LogP) is 0.0989. The van der Waals surface area contributed by atoms with Crippen molar-refractivity contribution in [2.24, 2.45) is 5.92 Å². The molecule has 6 rings (SSSR count). The SMILES string of the molecule is CC1CC(=O)N(CCN2C(=O)CC(SCOP(C)(=O)O)C2=O)C1=O.CP(=O)(O)OCSC1CC(=O)N(CCN2C(=O)C=CC2=O)C1=O.CP(=O)(O)OCSSCO.O=C1C=CC(=O)N1CCN1C(=O)C=CC1=O.[3H-].[CH3-].[U]. The Bertz CT molecular complexity index is 2360. The van der Waals surface area contributed by atoms with Gasteiger partial charge in [-0.15, -0.1) is 23.5 Å². The Morgan fingerprint density at radius 2 is 0.747 bits per heavy atom. The first-order chi connectivity index (χ1) is 33.9. The molecule has 0 radical (unpaired) electrons. The molecule has 418 valence electrons. The van der Waals surface area contributed by atoms with E-state index in [0.717, 1.165) is 120 Å². The van der Waals surface area contributed by atoms with Gasteiger partial charge in [-0.05, 0) is 0 Å². The van der Waals surface area contributed by atoms with Crippen molar-refractivity contribution >= 4 is 139 Å². The minimum Gasteiger partial charge on any atom is -1.00 e. The summed E-state index contributed by atoms with van der Waals surface area (Å²) in [4.78, 5) is 172. The van der Waals surface area contributed by atoms with Crippen LogP contribution in [0.2, 0.25) is 0 Å². The van der Waals surface area contributed by atoms with E-state index in [1.165, 1.54) is 10.8 Å². The van der Waals surface area contributed by atoms with E-state index in [1.54, 1.807) is 6.92 Å². The Morgan fingerprint density at radius 3 is 1.01 bits per heavy atom. The zero-order chi connectivity index (χ0) is 55.0. The first-order valence-electron chi connectivity index (χ1n) is 21.0. The normalized spacial score (nSPS) is 22.5. The van der Waals surface area contributed by atoms with Gasteiger partial charge >= 0.3 is 22.8 Å². The number of thioether (sulfide) groups is 2. The van der Waals surface area contributed by atoms with Crippen LogP contribution in [0.1, 0.15) is 27.6 Å². The van der Waals surface area contributed by atoms with Gasteiger partial charge in [-0.2, -0.15) is 0 Å². The molecule has 3 fully saturated rings. The van der Waals surface area contributed by atoms with Crippen LogP contribution in [0.15, 0.2) is 36.5 Å². The zero-order valence-corrected chi connectivity index (χ0v) is 50.8. The molecule has 36 heteroatoms. The summed E-state index contributed by atoms with van der Waals surface area (Å²) >= 11 is 1.93. The van der Waals surface area contributed by atoms with Crippen LogP contribution in [0.4, 0.5) is 0 Å². The van der Waals surface area contributed by atoms with E-state index in [0.29, 0.717) is 0 Å². The maximum absolute atomic E-state index is 12.2. The van der Waals surface area contributed by atoms with E-state index in [-0.39, 0.29) is 140 Å². The summed E-state index contributed by atoms with van der Waals surface area (Å²) in [6.45, 7) is 4.74. The van der Waals surface area contributed by atoms with Crippen LogP contribution in [-0.2, 0) is 84.8 Å². The van der Waals surface area contributed by atoms with Gasteiger partial charge in [0.2, 0.25) is 35.4 Å². The number of nitrogens with zero attached hydrogens (tertiary/aromatic N) is 6. The van der Waals surface area contributed by atoms with Gasteiger partial charge in [0.15, 0.2) is 0 Å². The van der Waals surface area contributed by atoms with Crippen molar-refractivity contribution in [2.45, 2.75) is 36.7 Å². The summed E-state index contributed by atoms with van der Waals surface area (Å²) in [5, 5.41) is 6.87. The molecule has 75 heavy (non-hydrogen) atoms. The zero-order valence-electron chi connectivity index (χ0n) is 41.7. The topological polar surface area (TPSA) is 384 Å². The van der Waals surface area contributed by atoms with Crippen LogP contribution in [0, 0.1) is 44.5 Å². The van der Waals surface area contributed by atoms with E-state index < -0.39 is 92.4 Å². The summed E-state index contributed by atoms with van der Waals surface area (Å²) in [6, 6.07) is 0. The number of aliphatic hydroxyl groups is 1. The fourth-order valence-corrected chi connectivity index (χ4v) is 11.6. The number of carbonyl (C=O) groups excluding carboxylic acids is 12. The number of carbonyl (C=O) groups is 12. The second-order valence-corrected chi connectivity index (χ2v) is 25.7. The summed E-state index contributed by atoms with van der Waals surface area (Å²) < 4.78 is 46.3. The average Bonchev–Trinajstić information content (AvgIpc) is 4.09. The van der Waals surface area contributed by atoms with Crippen molar-refractivity contribution in [3.63, 3.8) is 0 Å². The largest absolute Gasteiger partial charge is 1.00 e. The molecule has 3 saturated heterocycles. The van der Waals surface area contributed by atoms with Gasteiger partial charge in [0.1, 0.15) is 17.8 Å². The van der Waals surface area contributed by atoms with Crippen molar-refractivity contribution in [2.75, 3.05) is 83.0 Å². The molecule has 0 aromatic heterocycles. The molecular weight excluding hydrogens is 1360 g/mol. The predicted molar refractivity (Wildman–Crippen MR) is 268 cm³/mol. The Kier molecular flexibility index (Phi) is 29.9. The van der Waals surface area contributed by atoms with Crippen LogP contribution in [0.25, 0.3) is 0 Å². The number of rotatable bonds is 22. The Hall–Kier alpha value is -3.08. The number of aliphatic hydroxyl groups excluding tert-OH is 1. The van der Waals surface area contributed by atoms with Crippen molar-refractivity contribution in [1.82, 2.24) is 29.4 Å². The Labute approximate surface area is 471 Å². The minimum absolute atomic E-state index is 0. The summed E-state index contributed by atoms with van der Waals surface area (Å²) in [5.41, 5.74) is 0. The van der Waals surface area contributed by atoms with E-state index in [1.807, 2.05) is 0 Å². The summed E-state index contributed by atoms with van der Waals surface area (Å²) in [7, 11) is -8.23. The maximum atomic E-state index is 12.2. The maximum Gasteiger partial charge on any atom is 0.325 e. The molecule has 0 aliphatic carbocycles. The fraction of sp³-hybridized carbons (Fsp3) is 0.513. The van der Waals surface area contributed by atoms with E-state index in [2.05, 4.69) is 13.6 Å². The molecule has 28 nitrogen and oxygen atoms in total. The molecule has 0 spiro atoms. The number of hydrogen-bond donors (Lipinski definition) is 4. The molecule has 6 aliphatic heterocycles. The summed E-state index contributed by atoms with van der Waals surface area (Å²) in [5.74, 6) is -5.56. The van der Waals surface area contributed by atoms with Crippen LogP contribution in [0.5, 0.6) is 0 Å². The standard InChI is InChI=1S/C13H19N2O7PS.C12H15N2O7PS.C10H8N2O4.C3H9O4PS2.CH3.U.H/c1-8-5-10(16)14(12(8)18)3-4-15-11(17)6-9(13(15)19)24-7-22-23(2,20)21;1-22(19,20)21-7-23-8-6-11(17)14(12(8)18)5-4-13-9(15)2-3-10(13)16;13-7-1-2-8(14)11(7)5-6-12-9(15)3-4-10(12)16;1-8(5,6)7-3-10-9-2-4;;;/h8-9H,3-7H2,1-2H3,(H,20,21);2-3,8H,4-7H2,1H3,(H,19,20);1-4H,5-6H2;4H,2-3H2,1H3,(H,5,6);1H3;;/q;;;;-1;;-1/i;;;;;;1+2. The third-order valence-corrected chi connectivity index (χ3v) is 15.8. The van der Waals surface area contributed by atoms with E-state index in [4.69, 9.17) is 19.8 Å². The van der Waals surface area contributed by atoms with Gasteiger partial charge in [-0.1, -0.05) is 28.5 Å². The van der Waals surface area contributed by atoms with Gasteiger partial charge in [0.25, 0.3) is 35.4 Å². The number of hydrogen-bond acceptors (Lipinski definition) is 23. The second kappa shape index (κ2) is 32.1. The van der Waals surface area contributed by atoms with Gasteiger partial charge < -0.3 is 28.6 Å². The minimum atomic E-state index is -3.63. The quantitative estimate of drug-likeness (QED) is 0.0279. The second-order valence-electron chi connectivity index (χ2n) is 15.5. The number of likely N-dealkylation sites (tertiary alicyclic amines) is 3. The monoisotopic (exact) mass is 1420 g/mol. The molecule has 0 aromatic rings. The van der Waals surface area contributed by atoms with Crippen LogP contribution in [0.3, 0.4) is 0 Å². The van der Waals surface area contributed by atoms with E-state index in [9.17, 15) is 71.2 Å². The molecule has 6 unspecified atom stereocenters. The van der Waals surface area contributed by atoms with Crippen LogP contribution < -0.4 is 0 Å². The number of imide groups is 6. The molecule has 6 aliphatic rings. The fourth-order valence-electron chi connectivity index (χ4n) is 6.28. The smallest absolute Gasteiger partial charge is 0.325 e. The van der Waals surface area contributed by atoms with Gasteiger partial charge in [-0.25, -0.2) is 0 Å². The molecule has 4 N–H and O–H groups in total. The van der Waals surface area contributed by atoms with Crippen molar-refractivity contribution in [3.05, 3.63) is 43.9 Å². The molecule has 0 saturated carbocycles. The van der Waals surface area contributed by atoms with Gasteiger partial charge in [-0.3, -0.25) is 114 Å². The van der Waals surface area contributed by atoms with Crippen LogP contribution >= 0.6 is 67.9 Å². The number of amides is 12. The average molecular weight is 1420 g/mol. The molecular formula is C39H55N6O22P3S4U-2. The summed E-state index contributed by atoms with van der Waals surface area (Å²) in [6.07, 6.45) is 6.96. The Morgan fingerprint density at radius 1 is 0.480 bits per heavy atom. The molecule has 6 atom stereocenters. The first kappa shape index (κ1) is 69.9. The van der Waals surface area contributed by atoms with Crippen molar-refractivity contribution < 1.29 is 137 Å². The van der Waals surface area contributed by atoms with E-state index >= 15 is 0 Å². The third-order valence-electron chi connectivity index (χ3n) is 9.82. The molecule has 0 bridgehead atoms. The Balaban J connectivity index is 0.00000101. The van der Waals surface area contributed by atoms with Gasteiger partial charge in [0.05, 0.1) is 16.4 Å². The van der Waals surface area contributed by atoms with Gasteiger partial charge in [0, 0.05) is 152 Å². The van der Waals surface area contributed by atoms with Crippen molar-refractivity contribution in [1.29, 1.82) is 0 Å². The van der Waals surface area contributed by atoms with Crippen LogP contribution in [-0.4, -0.2) is 214 Å². The molecule has 12 amide bonds. The third kappa shape index (κ3) is 23.4. The first-order valence-corrected chi connectivity index (χ1v) is 31.7. The molecule has 6 heterocycles. The molecule has 0 aromatic carbocycles. The van der Waals surface area contributed by atoms with Crippen molar-refractivity contribution in [3.8, 4) is 0 Å².